The number of aliphatic imine (C=N–C) groups is 1. The average Bonchev–Trinajstić information content (AvgIpc) is 2.56. The minimum Gasteiger partial charge on any atom is -0.370 e. The van der Waals surface area contributed by atoms with Gasteiger partial charge in [0.25, 0.3) is 0 Å². The van der Waals surface area contributed by atoms with Gasteiger partial charge in [0.2, 0.25) is 5.91 Å². The molecule has 0 unspecified atom stereocenters. The number of hydrogen-bond acceptors (Lipinski definition) is 4. The lowest BCUT2D eigenvalue weighted by Crippen LogP contribution is -2.48. The van der Waals surface area contributed by atoms with Crippen LogP contribution in [-0.2, 0) is 11.2 Å². The molecular formula is C16H26N6O. The molecule has 0 saturated carbocycles. The van der Waals surface area contributed by atoms with Crippen molar-refractivity contribution in [2.75, 3.05) is 45.8 Å². The fraction of sp³-hybridized carbons (Fsp3) is 0.562. The van der Waals surface area contributed by atoms with Gasteiger partial charge in [0.05, 0.1) is 6.54 Å². The smallest absolute Gasteiger partial charge is 0.219 e. The highest BCUT2D eigenvalue weighted by Gasteiger charge is 2.17. The molecule has 2 heterocycles. The summed E-state index contributed by atoms with van der Waals surface area (Å²) in [6, 6.07) is 5.88. The fourth-order valence-corrected chi connectivity index (χ4v) is 2.52. The molecule has 1 fully saturated rings. The van der Waals surface area contributed by atoms with Gasteiger partial charge in [-0.05, 0) is 12.1 Å². The zero-order valence-corrected chi connectivity index (χ0v) is 13.7. The van der Waals surface area contributed by atoms with E-state index in [2.05, 4.69) is 20.2 Å². The highest BCUT2D eigenvalue weighted by atomic mass is 16.2. The SMILES string of the molecule is CC(=O)N1CCN(CCN=C(N)NCCc2ccccn2)CC1. The second-order valence-electron chi connectivity index (χ2n) is 5.61. The van der Waals surface area contributed by atoms with Gasteiger partial charge in [0, 0.05) is 64.5 Å². The Balaban J connectivity index is 1.59. The number of hydrogen-bond donors (Lipinski definition) is 2. The predicted molar refractivity (Wildman–Crippen MR) is 91.1 cm³/mol. The van der Waals surface area contributed by atoms with E-state index in [1.165, 1.54) is 0 Å². The molecular weight excluding hydrogens is 292 g/mol. The van der Waals surface area contributed by atoms with E-state index in [0.29, 0.717) is 12.5 Å². The van der Waals surface area contributed by atoms with Crippen LogP contribution < -0.4 is 11.1 Å². The fourth-order valence-electron chi connectivity index (χ4n) is 2.52. The van der Waals surface area contributed by atoms with Gasteiger partial charge in [-0.25, -0.2) is 0 Å². The monoisotopic (exact) mass is 318 g/mol. The standard InChI is InChI=1S/C16H26N6O/c1-14(23)22-12-10-21(11-13-22)9-8-20-16(17)19-7-5-15-4-2-3-6-18-15/h2-4,6H,5,7-13H2,1H3,(H3,17,19,20). The van der Waals surface area contributed by atoms with Crippen molar-refractivity contribution in [2.45, 2.75) is 13.3 Å². The number of aromatic nitrogens is 1. The van der Waals surface area contributed by atoms with E-state index in [1.54, 1.807) is 13.1 Å². The van der Waals surface area contributed by atoms with Crippen molar-refractivity contribution in [2.24, 2.45) is 10.7 Å². The van der Waals surface area contributed by atoms with Crippen LogP contribution in [0.15, 0.2) is 29.4 Å². The van der Waals surface area contributed by atoms with Crippen LogP contribution in [0, 0.1) is 0 Å². The van der Waals surface area contributed by atoms with Gasteiger partial charge in [0.1, 0.15) is 0 Å². The first-order valence-electron chi connectivity index (χ1n) is 8.06. The average molecular weight is 318 g/mol. The molecule has 7 nitrogen and oxygen atoms in total. The first-order chi connectivity index (χ1) is 11.1. The molecule has 1 aromatic heterocycles. The van der Waals surface area contributed by atoms with Crippen molar-refractivity contribution in [1.29, 1.82) is 0 Å². The van der Waals surface area contributed by atoms with E-state index in [0.717, 1.165) is 51.4 Å². The molecule has 0 radical (unpaired) electrons. The number of nitrogens with zero attached hydrogens (tertiary/aromatic N) is 4. The summed E-state index contributed by atoms with van der Waals surface area (Å²) in [7, 11) is 0. The van der Waals surface area contributed by atoms with Crippen molar-refractivity contribution in [3.8, 4) is 0 Å². The van der Waals surface area contributed by atoms with Crippen molar-refractivity contribution < 1.29 is 4.79 Å². The van der Waals surface area contributed by atoms with Crippen LogP contribution in [0.5, 0.6) is 0 Å². The van der Waals surface area contributed by atoms with E-state index in [-0.39, 0.29) is 5.91 Å². The molecule has 0 atom stereocenters. The molecule has 1 saturated heterocycles. The number of guanidine groups is 1. The summed E-state index contributed by atoms with van der Waals surface area (Å²) in [6.07, 6.45) is 2.61. The normalized spacial score (nSPS) is 16.4. The minimum absolute atomic E-state index is 0.157. The van der Waals surface area contributed by atoms with Gasteiger partial charge in [0.15, 0.2) is 5.96 Å². The number of carbonyl (C=O) groups excluding carboxylic acids is 1. The summed E-state index contributed by atoms with van der Waals surface area (Å²) >= 11 is 0. The number of nitrogens with one attached hydrogen (secondary N) is 1. The summed E-state index contributed by atoms with van der Waals surface area (Å²) in [5.41, 5.74) is 6.90. The lowest BCUT2D eigenvalue weighted by molar-refractivity contribution is -0.130. The number of nitrogens with two attached hydrogens (primary N) is 1. The van der Waals surface area contributed by atoms with Crippen molar-refractivity contribution in [3.63, 3.8) is 0 Å². The van der Waals surface area contributed by atoms with Gasteiger partial charge in [-0.1, -0.05) is 6.07 Å². The number of carbonyl (C=O) groups is 1. The Kier molecular flexibility index (Phi) is 6.80. The van der Waals surface area contributed by atoms with Crippen LogP contribution in [0.3, 0.4) is 0 Å². The maximum Gasteiger partial charge on any atom is 0.219 e. The van der Waals surface area contributed by atoms with Gasteiger partial charge in [-0.3, -0.25) is 19.7 Å². The van der Waals surface area contributed by atoms with E-state index < -0.39 is 0 Å². The molecule has 7 heteroatoms. The van der Waals surface area contributed by atoms with Crippen molar-refractivity contribution in [3.05, 3.63) is 30.1 Å². The second kappa shape index (κ2) is 9.09. The van der Waals surface area contributed by atoms with E-state index in [4.69, 9.17) is 5.73 Å². The second-order valence-corrected chi connectivity index (χ2v) is 5.61. The zero-order valence-electron chi connectivity index (χ0n) is 13.7. The maximum atomic E-state index is 11.3. The lowest BCUT2D eigenvalue weighted by atomic mass is 10.3. The van der Waals surface area contributed by atoms with Crippen molar-refractivity contribution in [1.82, 2.24) is 20.1 Å². The molecule has 23 heavy (non-hydrogen) atoms. The van der Waals surface area contributed by atoms with E-state index in [9.17, 15) is 4.79 Å². The minimum atomic E-state index is 0.157. The summed E-state index contributed by atoms with van der Waals surface area (Å²) in [5.74, 6) is 0.632. The topological polar surface area (TPSA) is 86.9 Å². The summed E-state index contributed by atoms with van der Waals surface area (Å²) in [4.78, 5) is 24.1. The zero-order chi connectivity index (χ0) is 16.5. The van der Waals surface area contributed by atoms with Gasteiger partial charge in [-0.2, -0.15) is 0 Å². The highest BCUT2D eigenvalue weighted by Crippen LogP contribution is 2.01. The third-order valence-corrected chi connectivity index (χ3v) is 3.93. The third kappa shape index (κ3) is 6.23. The molecule has 0 aromatic carbocycles. The Morgan fingerprint density at radius 3 is 2.78 bits per heavy atom. The Hall–Kier alpha value is -2.15. The Morgan fingerprint density at radius 1 is 1.35 bits per heavy atom. The largest absolute Gasteiger partial charge is 0.370 e. The molecule has 0 aliphatic carbocycles. The molecule has 3 N–H and O–H groups in total. The highest BCUT2D eigenvalue weighted by molar-refractivity contribution is 5.77. The molecule has 0 spiro atoms. The van der Waals surface area contributed by atoms with E-state index >= 15 is 0 Å². The third-order valence-electron chi connectivity index (χ3n) is 3.93. The van der Waals surface area contributed by atoms with E-state index in [1.807, 2.05) is 23.1 Å². The van der Waals surface area contributed by atoms with Crippen LogP contribution in [0.25, 0.3) is 0 Å². The van der Waals surface area contributed by atoms with Crippen molar-refractivity contribution >= 4 is 11.9 Å². The van der Waals surface area contributed by atoms with Gasteiger partial charge in [-0.15, -0.1) is 0 Å². The number of piperazine rings is 1. The Bertz CT molecular complexity index is 511. The summed E-state index contributed by atoms with van der Waals surface area (Å²) in [6.45, 7) is 7.30. The number of rotatable bonds is 6. The van der Waals surface area contributed by atoms with Crippen LogP contribution in [0.2, 0.25) is 0 Å². The number of pyridine rings is 1. The van der Waals surface area contributed by atoms with Crippen LogP contribution in [-0.4, -0.2) is 72.5 Å². The predicted octanol–water partition coefficient (Wildman–Crippen LogP) is -0.307. The molecule has 1 aromatic rings. The molecule has 0 bridgehead atoms. The molecule has 126 valence electrons. The van der Waals surface area contributed by atoms with Crippen LogP contribution >= 0.6 is 0 Å². The first kappa shape index (κ1) is 17.2. The molecule has 2 rings (SSSR count). The Labute approximate surface area is 137 Å². The quantitative estimate of drug-likeness (QED) is 0.555. The Morgan fingerprint density at radius 2 is 2.13 bits per heavy atom. The summed E-state index contributed by atoms with van der Waals surface area (Å²) in [5, 5.41) is 3.11. The molecule has 1 aliphatic rings. The van der Waals surface area contributed by atoms with Crippen LogP contribution in [0.4, 0.5) is 0 Å². The summed E-state index contributed by atoms with van der Waals surface area (Å²) < 4.78 is 0. The first-order valence-corrected chi connectivity index (χ1v) is 8.06. The lowest BCUT2D eigenvalue weighted by Gasteiger charge is -2.33. The van der Waals surface area contributed by atoms with Crippen LogP contribution in [0.1, 0.15) is 12.6 Å². The number of amides is 1. The molecule has 1 amide bonds. The van der Waals surface area contributed by atoms with Gasteiger partial charge < -0.3 is 16.0 Å². The molecule has 1 aliphatic heterocycles. The van der Waals surface area contributed by atoms with Gasteiger partial charge >= 0.3 is 0 Å². The maximum absolute atomic E-state index is 11.3.